The molecule has 1 fully saturated rings. The molecule has 6 heteroatoms. The largest absolute Gasteiger partial charge is 0.441 e. The molecule has 0 bridgehead atoms. The zero-order chi connectivity index (χ0) is 17.1. The van der Waals surface area contributed by atoms with Crippen LogP contribution in [0, 0.1) is 6.92 Å². The van der Waals surface area contributed by atoms with Crippen LogP contribution in [0.15, 0.2) is 34.7 Å². The van der Waals surface area contributed by atoms with Crippen molar-refractivity contribution in [3.05, 3.63) is 41.8 Å². The van der Waals surface area contributed by atoms with E-state index in [1.165, 1.54) is 0 Å². The molecule has 1 aliphatic rings. The Balaban J connectivity index is 1.89. The highest BCUT2D eigenvalue weighted by atomic mass is 16.4. The molecule has 1 aliphatic carbocycles. The summed E-state index contributed by atoms with van der Waals surface area (Å²) >= 11 is 0. The first-order valence-corrected chi connectivity index (χ1v) is 8.18. The number of oxazole rings is 1. The predicted molar refractivity (Wildman–Crippen MR) is 89.2 cm³/mol. The molecule has 0 atom stereocenters. The second-order valence-electron chi connectivity index (χ2n) is 6.13. The summed E-state index contributed by atoms with van der Waals surface area (Å²) in [7, 11) is 0. The molecule has 1 saturated carbocycles. The molecule has 0 unspecified atom stereocenters. The first-order valence-electron chi connectivity index (χ1n) is 8.18. The summed E-state index contributed by atoms with van der Waals surface area (Å²) in [5, 5.41) is 0. The van der Waals surface area contributed by atoms with Gasteiger partial charge in [-0.3, -0.25) is 9.59 Å². The number of aryl methyl sites for hydroxylation is 1. The Labute approximate surface area is 140 Å². The van der Waals surface area contributed by atoms with Crippen molar-refractivity contribution in [1.82, 2.24) is 9.88 Å². The van der Waals surface area contributed by atoms with Gasteiger partial charge in [0.15, 0.2) is 5.69 Å². The Morgan fingerprint density at radius 3 is 2.54 bits per heavy atom. The minimum atomic E-state index is -0.514. The average Bonchev–Trinajstić information content (AvgIpc) is 3.22. The first kappa shape index (κ1) is 16.2. The third-order valence-corrected chi connectivity index (χ3v) is 4.37. The fourth-order valence-corrected chi connectivity index (χ4v) is 3.19. The molecule has 2 amide bonds. The van der Waals surface area contributed by atoms with Crippen LogP contribution in [0.3, 0.4) is 0 Å². The van der Waals surface area contributed by atoms with E-state index >= 15 is 0 Å². The van der Waals surface area contributed by atoms with Crippen molar-refractivity contribution in [2.75, 3.05) is 6.54 Å². The molecule has 0 spiro atoms. The normalized spacial score (nSPS) is 14.7. The Kier molecular flexibility index (Phi) is 4.64. The molecule has 126 valence electrons. The SMILES string of the molecule is Cc1oc(-c2ccccc2)nc1C(=O)N(CC(N)=O)C1CCCC1. The summed E-state index contributed by atoms with van der Waals surface area (Å²) in [5.74, 6) is 0.0528. The van der Waals surface area contributed by atoms with Crippen molar-refractivity contribution in [2.24, 2.45) is 5.73 Å². The summed E-state index contributed by atoms with van der Waals surface area (Å²) in [6.45, 7) is 1.63. The van der Waals surface area contributed by atoms with Crippen molar-refractivity contribution in [1.29, 1.82) is 0 Å². The highest BCUT2D eigenvalue weighted by Gasteiger charge is 2.31. The van der Waals surface area contributed by atoms with Gasteiger partial charge in [-0.25, -0.2) is 4.98 Å². The van der Waals surface area contributed by atoms with Crippen molar-refractivity contribution >= 4 is 11.8 Å². The number of nitrogens with two attached hydrogens (primary N) is 1. The van der Waals surface area contributed by atoms with E-state index in [2.05, 4.69) is 4.98 Å². The van der Waals surface area contributed by atoms with Gasteiger partial charge in [0.25, 0.3) is 5.91 Å². The summed E-state index contributed by atoms with van der Waals surface area (Å²) in [6.07, 6.45) is 3.89. The van der Waals surface area contributed by atoms with Crippen LogP contribution in [0.2, 0.25) is 0 Å². The monoisotopic (exact) mass is 327 g/mol. The Bertz CT molecular complexity index is 733. The van der Waals surface area contributed by atoms with E-state index < -0.39 is 5.91 Å². The van der Waals surface area contributed by atoms with Crippen molar-refractivity contribution < 1.29 is 14.0 Å². The molecule has 1 aromatic heterocycles. The van der Waals surface area contributed by atoms with Gasteiger partial charge in [-0.1, -0.05) is 31.0 Å². The van der Waals surface area contributed by atoms with Gasteiger partial charge in [0.1, 0.15) is 5.76 Å². The van der Waals surface area contributed by atoms with E-state index in [4.69, 9.17) is 10.2 Å². The maximum Gasteiger partial charge on any atom is 0.276 e. The Morgan fingerprint density at radius 1 is 1.25 bits per heavy atom. The maximum absolute atomic E-state index is 12.9. The number of carbonyl (C=O) groups excluding carboxylic acids is 2. The van der Waals surface area contributed by atoms with Crippen molar-refractivity contribution in [3.63, 3.8) is 0 Å². The van der Waals surface area contributed by atoms with Crippen molar-refractivity contribution in [3.8, 4) is 11.5 Å². The van der Waals surface area contributed by atoms with Crippen LogP contribution in [-0.4, -0.2) is 34.3 Å². The van der Waals surface area contributed by atoms with Gasteiger partial charge in [-0.15, -0.1) is 0 Å². The minimum Gasteiger partial charge on any atom is -0.441 e. The van der Waals surface area contributed by atoms with Crippen LogP contribution < -0.4 is 5.73 Å². The lowest BCUT2D eigenvalue weighted by Gasteiger charge is -2.27. The van der Waals surface area contributed by atoms with E-state index in [0.29, 0.717) is 11.7 Å². The smallest absolute Gasteiger partial charge is 0.276 e. The molecular formula is C18H21N3O3. The molecule has 6 nitrogen and oxygen atoms in total. The predicted octanol–water partition coefficient (Wildman–Crippen LogP) is 2.52. The average molecular weight is 327 g/mol. The number of hydrogen-bond acceptors (Lipinski definition) is 4. The lowest BCUT2D eigenvalue weighted by atomic mass is 10.2. The fourth-order valence-electron chi connectivity index (χ4n) is 3.19. The number of aromatic nitrogens is 1. The minimum absolute atomic E-state index is 0.0428. The first-order chi connectivity index (χ1) is 11.6. The molecule has 3 rings (SSSR count). The van der Waals surface area contributed by atoms with Crippen LogP contribution in [0.4, 0.5) is 0 Å². The highest BCUT2D eigenvalue weighted by Crippen LogP contribution is 2.27. The third-order valence-electron chi connectivity index (χ3n) is 4.37. The quantitative estimate of drug-likeness (QED) is 0.913. The van der Waals surface area contributed by atoms with E-state index in [9.17, 15) is 9.59 Å². The number of nitrogens with zero attached hydrogens (tertiary/aromatic N) is 2. The van der Waals surface area contributed by atoms with Crippen LogP contribution in [0.1, 0.15) is 41.9 Å². The fraction of sp³-hybridized carbons (Fsp3) is 0.389. The number of carbonyl (C=O) groups is 2. The number of rotatable bonds is 5. The summed E-state index contributed by atoms with van der Waals surface area (Å²) in [4.78, 5) is 30.2. The molecule has 0 radical (unpaired) electrons. The number of hydrogen-bond donors (Lipinski definition) is 1. The molecule has 2 aromatic rings. The molecule has 0 saturated heterocycles. The Hall–Kier alpha value is -2.63. The zero-order valence-corrected chi connectivity index (χ0v) is 13.7. The van der Waals surface area contributed by atoms with Gasteiger partial charge >= 0.3 is 0 Å². The summed E-state index contributed by atoms with van der Waals surface area (Å²) in [5.41, 5.74) is 6.39. The maximum atomic E-state index is 12.9. The lowest BCUT2D eigenvalue weighted by molar-refractivity contribution is -0.119. The second kappa shape index (κ2) is 6.86. The molecule has 0 aliphatic heterocycles. The van der Waals surface area contributed by atoms with E-state index in [0.717, 1.165) is 31.2 Å². The topological polar surface area (TPSA) is 89.4 Å². The summed E-state index contributed by atoms with van der Waals surface area (Å²) < 4.78 is 5.66. The Morgan fingerprint density at radius 2 is 1.92 bits per heavy atom. The van der Waals surface area contributed by atoms with Gasteiger partial charge in [0.2, 0.25) is 11.8 Å². The van der Waals surface area contributed by atoms with E-state index in [-0.39, 0.29) is 24.2 Å². The molecule has 24 heavy (non-hydrogen) atoms. The third kappa shape index (κ3) is 3.32. The van der Waals surface area contributed by atoms with Crippen molar-refractivity contribution in [2.45, 2.75) is 38.6 Å². The van der Waals surface area contributed by atoms with Crippen LogP contribution in [0.5, 0.6) is 0 Å². The number of benzene rings is 1. The van der Waals surface area contributed by atoms with Gasteiger partial charge in [0.05, 0.1) is 6.54 Å². The van der Waals surface area contributed by atoms with Crippen LogP contribution in [0.25, 0.3) is 11.5 Å². The van der Waals surface area contributed by atoms with Gasteiger partial charge in [0, 0.05) is 11.6 Å². The second-order valence-corrected chi connectivity index (χ2v) is 6.13. The summed E-state index contributed by atoms with van der Waals surface area (Å²) in [6, 6.07) is 9.46. The molecular weight excluding hydrogens is 306 g/mol. The van der Waals surface area contributed by atoms with Gasteiger partial charge < -0.3 is 15.1 Å². The van der Waals surface area contributed by atoms with Gasteiger partial charge in [-0.2, -0.15) is 0 Å². The van der Waals surface area contributed by atoms with Crippen LogP contribution >= 0.6 is 0 Å². The van der Waals surface area contributed by atoms with E-state index in [1.54, 1.807) is 11.8 Å². The lowest BCUT2D eigenvalue weighted by Crippen LogP contribution is -2.44. The number of amides is 2. The van der Waals surface area contributed by atoms with Crippen LogP contribution in [-0.2, 0) is 4.79 Å². The standard InChI is InChI=1S/C18H21N3O3/c1-12-16(20-17(24-12)13-7-3-2-4-8-13)18(23)21(11-15(19)22)14-9-5-6-10-14/h2-4,7-8,14H,5-6,9-11H2,1H3,(H2,19,22). The highest BCUT2D eigenvalue weighted by molar-refractivity contribution is 5.96. The number of primary amides is 1. The zero-order valence-electron chi connectivity index (χ0n) is 13.7. The van der Waals surface area contributed by atoms with E-state index in [1.807, 2.05) is 30.3 Å². The van der Waals surface area contributed by atoms with Gasteiger partial charge in [-0.05, 0) is 31.9 Å². The molecule has 2 N–H and O–H groups in total. The molecule has 1 heterocycles. The molecule has 1 aromatic carbocycles.